The van der Waals surface area contributed by atoms with Gasteiger partial charge in [-0.05, 0) is 6.42 Å². The van der Waals surface area contributed by atoms with Gasteiger partial charge in [0.2, 0.25) is 0 Å². The molecule has 1 unspecified atom stereocenters. The molecule has 3 rings (SSSR count). The maximum atomic E-state index is 5.80. The molecule has 0 saturated carbocycles. The molecule has 3 heterocycles. The van der Waals surface area contributed by atoms with Crippen molar-refractivity contribution in [2.75, 3.05) is 18.9 Å². The van der Waals surface area contributed by atoms with E-state index >= 15 is 0 Å². The molecular formula is C11H14N4O. The lowest BCUT2D eigenvalue weighted by molar-refractivity contribution is 0.193. The normalized spacial score (nSPS) is 20.7. The van der Waals surface area contributed by atoms with Crippen LogP contribution in [0.5, 0.6) is 0 Å². The molecule has 1 atom stereocenters. The third-order valence-corrected chi connectivity index (χ3v) is 3.06. The number of pyridine rings is 1. The van der Waals surface area contributed by atoms with Crippen LogP contribution in [0.3, 0.4) is 0 Å². The molecule has 0 bridgehead atoms. The van der Waals surface area contributed by atoms with Crippen molar-refractivity contribution in [1.82, 2.24) is 14.5 Å². The zero-order chi connectivity index (χ0) is 11.1. The minimum atomic E-state index is 0.349. The lowest BCUT2D eigenvalue weighted by Gasteiger charge is -2.10. The summed E-state index contributed by atoms with van der Waals surface area (Å²) in [7, 11) is 1.98. The molecule has 0 aromatic carbocycles. The lowest BCUT2D eigenvalue weighted by atomic mass is 10.0. The van der Waals surface area contributed by atoms with Crippen LogP contribution in [0, 0.1) is 0 Å². The largest absolute Gasteiger partial charge is 0.384 e. The molecule has 1 aliphatic heterocycles. The van der Waals surface area contributed by atoms with E-state index in [0.717, 1.165) is 36.4 Å². The fraction of sp³-hybridized carbons (Fsp3) is 0.455. The quantitative estimate of drug-likeness (QED) is 0.777. The smallest absolute Gasteiger partial charge is 0.125 e. The third-order valence-electron chi connectivity index (χ3n) is 3.06. The molecule has 2 aromatic rings. The molecule has 2 aromatic heterocycles. The van der Waals surface area contributed by atoms with Gasteiger partial charge in [0.05, 0.1) is 29.7 Å². The molecule has 16 heavy (non-hydrogen) atoms. The number of nitrogens with two attached hydrogens (primary N) is 1. The van der Waals surface area contributed by atoms with Crippen molar-refractivity contribution < 1.29 is 4.74 Å². The highest BCUT2D eigenvalue weighted by atomic mass is 16.5. The summed E-state index contributed by atoms with van der Waals surface area (Å²) in [5.41, 5.74) is 8.81. The summed E-state index contributed by atoms with van der Waals surface area (Å²) in [6.07, 6.45) is 2.81. The molecule has 5 heteroatoms. The van der Waals surface area contributed by atoms with E-state index in [-0.39, 0.29) is 0 Å². The molecule has 1 aliphatic rings. The van der Waals surface area contributed by atoms with E-state index in [1.807, 2.05) is 17.7 Å². The fourth-order valence-electron chi connectivity index (χ4n) is 2.27. The van der Waals surface area contributed by atoms with E-state index in [0.29, 0.717) is 11.7 Å². The highest BCUT2D eigenvalue weighted by Gasteiger charge is 2.23. The van der Waals surface area contributed by atoms with Crippen LogP contribution in [0.4, 0.5) is 5.82 Å². The summed E-state index contributed by atoms with van der Waals surface area (Å²) in [6, 6.07) is 1.81. The second kappa shape index (κ2) is 3.45. The van der Waals surface area contributed by atoms with Crippen molar-refractivity contribution in [1.29, 1.82) is 0 Å². The summed E-state index contributed by atoms with van der Waals surface area (Å²) >= 11 is 0. The Labute approximate surface area is 93.2 Å². The molecule has 1 saturated heterocycles. The van der Waals surface area contributed by atoms with Gasteiger partial charge in [0.1, 0.15) is 5.82 Å². The summed E-state index contributed by atoms with van der Waals surface area (Å²) in [5.74, 6) is 0.884. The van der Waals surface area contributed by atoms with Gasteiger partial charge in [-0.1, -0.05) is 0 Å². The number of fused-ring (bicyclic) bond motifs is 1. The average molecular weight is 218 g/mol. The van der Waals surface area contributed by atoms with Crippen LogP contribution in [0.2, 0.25) is 0 Å². The van der Waals surface area contributed by atoms with Gasteiger partial charge < -0.3 is 15.0 Å². The van der Waals surface area contributed by atoms with E-state index in [2.05, 4.69) is 9.97 Å². The summed E-state index contributed by atoms with van der Waals surface area (Å²) < 4.78 is 7.40. The molecule has 5 nitrogen and oxygen atoms in total. The standard InChI is InChI=1S/C11H14N4O/c1-15-6-13-8-4-9(12)14-10(11(8)15)7-2-3-16-5-7/h4,6-7H,2-3,5H2,1H3,(H2,12,14). The first-order valence-electron chi connectivity index (χ1n) is 5.41. The Kier molecular flexibility index (Phi) is 2.07. The number of aryl methyl sites for hydroxylation is 1. The molecule has 1 fully saturated rings. The van der Waals surface area contributed by atoms with E-state index in [9.17, 15) is 0 Å². The maximum absolute atomic E-state index is 5.80. The Morgan fingerprint density at radius 3 is 3.19 bits per heavy atom. The number of ether oxygens (including phenoxy) is 1. The molecule has 84 valence electrons. The minimum Gasteiger partial charge on any atom is -0.384 e. The average Bonchev–Trinajstić information content (AvgIpc) is 2.87. The monoisotopic (exact) mass is 218 g/mol. The van der Waals surface area contributed by atoms with Gasteiger partial charge in [0, 0.05) is 25.6 Å². The predicted octanol–water partition coefficient (Wildman–Crippen LogP) is 1.05. The fourth-order valence-corrected chi connectivity index (χ4v) is 2.27. The second-order valence-corrected chi connectivity index (χ2v) is 4.22. The third kappa shape index (κ3) is 1.36. The Hall–Kier alpha value is -1.62. The predicted molar refractivity (Wildman–Crippen MR) is 61.1 cm³/mol. The van der Waals surface area contributed by atoms with Crippen molar-refractivity contribution in [2.45, 2.75) is 12.3 Å². The first-order chi connectivity index (χ1) is 7.75. The van der Waals surface area contributed by atoms with Crippen molar-refractivity contribution in [3.63, 3.8) is 0 Å². The van der Waals surface area contributed by atoms with Gasteiger partial charge in [0.25, 0.3) is 0 Å². The van der Waals surface area contributed by atoms with Gasteiger partial charge in [-0.15, -0.1) is 0 Å². The van der Waals surface area contributed by atoms with Gasteiger partial charge in [-0.25, -0.2) is 9.97 Å². The zero-order valence-corrected chi connectivity index (χ0v) is 9.18. The van der Waals surface area contributed by atoms with Gasteiger partial charge in [0.15, 0.2) is 0 Å². The molecule has 2 N–H and O–H groups in total. The Bertz CT molecular complexity index is 528. The second-order valence-electron chi connectivity index (χ2n) is 4.22. The molecule has 0 spiro atoms. The van der Waals surface area contributed by atoms with Crippen molar-refractivity contribution >= 4 is 16.9 Å². The topological polar surface area (TPSA) is 66.0 Å². The van der Waals surface area contributed by atoms with Gasteiger partial charge >= 0.3 is 0 Å². The van der Waals surface area contributed by atoms with Crippen molar-refractivity contribution in [2.24, 2.45) is 7.05 Å². The van der Waals surface area contributed by atoms with Gasteiger partial charge in [-0.3, -0.25) is 0 Å². The number of hydrogen-bond acceptors (Lipinski definition) is 4. The summed E-state index contributed by atoms with van der Waals surface area (Å²) in [6.45, 7) is 1.54. The first kappa shape index (κ1) is 9.59. The summed E-state index contributed by atoms with van der Waals surface area (Å²) in [4.78, 5) is 8.77. The zero-order valence-electron chi connectivity index (χ0n) is 9.18. The van der Waals surface area contributed by atoms with E-state index in [1.54, 1.807) is 6.33 Å². The van der Waals surface area contributed by atoms with Crippen molar-refractivity contribution in [3.05, 3.63) is 18.1 Å². The molecule has 0 radical (unpaired) electrons. The van der Waals surface area contributed by atoms with Crippen LogP contribution in [0.15, 0.2) is 12.4 Å². The molecule has 0 aliphatic carbocycles. The number of imidazole rings is 1. The summed E-state index contributed by atoms with van der Waals surface area (Å²) in [5, 5.41) is 0. The minimum absolute atomic E-state index is 0.349. The number of hydrogen-bond donors (Lipinski definition) is 1. The van der Waals surface area contributed by atoms with Crippen LogP contribution >= 0.6 is 0 Å². The number of anilines is 1. The van der Waals surface area contributed by atoms with E-state index < -0.39 is 0 Å². The maximum Gasteiger partial charge on any atom is 0.125 e. The van der Waals surface area contributed by atoms with E-state index in [4.69, 9.17) is 10.5 Å². The number of nitrogens with zero attached hydrogens (tertiary/aromatic N) is 3. The Balaban J connectivity index is 2.23. The number of aromatic nitrogens is 3. The van der Waals surface area contributed by atoms with Crippen LogP contribution < -0.4 is 5.73 Å². The van der Waals surface area contributed by atoms with Gasteiger partial charge in [-0.2, -0.15) is 0 Å². The lowest BCUT2D eigenvalue weighted by Crippen LogP contribution is -2.06. The molecule has 0 amide bonds. The van der Waals surface area contributed by atoms with Crippen LogP contribution in [0.1, 0.15) is 18.0 Å². The van der Waals surface area contributed by atoms with Crippen molar-refractivity contribution in [3.8, 4) is 0 Å². The van der Waals surface area contributed by atoms with Crippen LogP contribution in [-0.2, 0) is 11.8 Å². The first-order valence-corrected chi connectivity index (χ1v) is 5.41. The van der Waals surface area contributed by atoms with Crippen LogP contribution in [0.25, 0.3) is 11.0 Å². The Morgan fingerprint density at radius 2 is 2.44 bits per heavy atom. The Morgan fingerprint density at radius 1 is 1.56 bits per heavy atom. The number of rotatable bonds is 1. The molecular weight excluding hydrogens is 204 g/mol. The highest BCUT2D eigenvalue weighted by Crippen LogP contribution is 2.30. The highest BCUT2D eigenvalue weighted by molar-refractivity contribution is 5.80. The van der Waals surface area contributed by atoms with E-state index in [1.165, 1.54) is 0 Å². The SMILES string of the molecule is Cn1cnc2cc(N)nc(C3CCOC3)c21. The van der Waals surface area contributed by atoms with Crippen LogP contribution in [-0.4, -0.2) is 27.7 Å². The number of nitrogen functional groups attached to an aromatic ring is 1.